The number of carbonyl (C=O) groups excluding carboxylic acids is 1. The highest BCUT2D eigenvalue weighted by Gasteiger charge is 2.16. The molecular weight excluding hydrogens is 386 g/mol. The first kappa shape index (κ1) is 21.9. The van der Waals surface area contributed by atoms with Crippen LogP contribution in [0.3, 0.4) is 0 Å². The predicted octanol–water partition coefficient (Wildman–Crippen LogP) is 2.04. The van der Waals surface area contributed by atoms with Gasteiger partial charge in [-0.1, -0.05) is 17.8 Å². The van der Waals surface area contributed by atoms with E-state index in [-0.39, 0.29) is 12.3 Å². The standard InChI is InChI=1S/C18H27N3O4S2/c1-15(22)14-27-18(19-12-17(23)24)21(13-16-4-2-11-26-16)6-3-5-20-7-9-25-10-8-20/h2,4,11H,3,5-10,12-14H2,1H3,(H,23,24). The minimum absolute atomic E-state index is 0.0485. The topological polar surface area (TPSA) is 82.4 Å². The monoisotopic (exact) mass is 413 g/mol. The van der Waals surface area contributed by atoms with Gasteiger partial charge in [-0.05, 0) is 24.8 Å². The number of aliphatic imine (C=N–C) groups is 1. The molecule has 1 saturated heterocycles. The van der Waals surface area contributed by atoms with E-state index < -0.39 is 5.97 Å². The maximum Gasteiger partial charge on any atom is 0.325 e. The Kier molecular flexibility index (Phi) is 9.82. The predicted molar refractivity (Wildman–Crippen MR) is 110 cm³/mol. The van der Waals surface area contributed by atoms with Gasteiger partial charge in [0.15, 0.2) is 5.17 Å². The fraction of sp³-hybridized carbons (Fsp3) is 0.611. The van der Waals surface area contributed by atoms with E-state index in [0.717, 1.165) is 45.8 Å². The molecular formula is C18H27N3O4S2. The number of hydrogen-bond donors (Lipinski definition) is 1. The fourth-order valence-electron chi connectivity index (χ4n) is 2.68. The second-order valence-electron chi connectivity index (χ2n) is 6.29. The number of carboxylic acid groups (broad SMARTS) is 1. The smallest absolute Gasteiger partial charge is 0.325 e. The molecule has 0 aromatic carbocycles. The number of ketones is 1. The van der Waals surface area contributed by atoms with Crippen molar-refractivity contribution in [2.75, 3.05) is 51.7 Å². The van der Waals surface area contributed by atoms with E-state index in [1.807, 2.05) is 11.4 Å². The van der Waals surface area contributed by atoms with Crippen molar-refractivity contribution >= 4 is 40.0 Å². The van der Waals surface area contributed by atoms with Crippen LogP contribution in [-0.2, 0) is 20.9 Å². The molecule has 0 aliphatic carbocycles. The Bertz CT molecular complexity index is 616. The quantitative estimate of drug-likeness (QED) is 0.464. The normalized spacial score (nSPS) is 15.7. The van der Waals surface area contributed by atoms with Crippen LogP contribution in [0.25, 0.3) is 0 Å². The van der Waals surface area contributed by atoms with Crippen molar-refractivity contribution in [3.05, 3.63) is 22.4 Å². The second kappa shape index (κ2) is 12.1. The zero-order chi connectivity index (χ0) is 19.5. The molecule has 1 aromatic rings. The van der Waals surface area contributed by atoms with Crippen LogP contribution >= 0.6 is 23.1 Å². The van der Waals surface area contributed by atoms with Gasteiger partial charge in [-0.3, -0.25) is 19.5 Å². The first-order valence-corrected chi connectivity index (χ1v) is 10.9. The van der Waals surface area contributed by atoms with Gasteiger partial charge in [-0.2, -0.15) is 0 Å². The van der Waals surface area contributed by atoms with Crippen LogP contribution in [0.2, 0.25) is 0 Å². The Morgan fingerprint density at radius 1 is 1.41 bits per heavy atom. The molecule has 1 N–H and O–H groups in total. The minimum atomic E-state index is -0.972. The Labute approximate surface area is 168 Å². The van der Waals surface area contributed by atoms with Crippen molar-refractivity contribution in [1.29, 1.82) is 0 Å². The average molecular weight is 414 g/mol. The molecule has 9 heteroatoms. The maximum atomic E-state index is 11.4. The molecule has 2 heterocycles. The summed E-state index contributed by atoms with van der Waals surface area (Å²) in [6, 6.07) is 4.06. The highest BCUT2D eigenvalue weighted by Crippen LogP contribution is 2.18. The van der Waals surface area contributed by atoms with Gasteiger partial charge in [0.1, 0.15) is 12.3 Å². The fourth-order valence-corrected chi connectivity index (χ4v) is 4.23. The van der Waals surface area contributed by atoms with Gasteiger partial charge < -0.3 is 14.7 Å². The molecule has 2 rings (SSSR count). The SMILES string of the molecule is CC(=O)CSC(=NCC(=O)O)N(CCCN1CCOCC1)Cc1cccs1. The third kappa shape index (κ3) is 8.87. The molecule has 1 aliphatic heterocycles. The van der Waals surface area contributed by atoms with Crippen LogP contribution in [-0.4, -0.2) is 83.5 Å². The summed E-state index contributed by atoms with van der Waals surface area (Å²) in [7, 11) is 0. The minimum Gasteiger partial charge on any atom is -0.480 e. The average Bonchev–Trinajstić information content (AvgIpc) is 3.15. The Morgan fingerprint density at radius 3 is 2.81 bits per heavy atom. The van der Waals surface area contributed by atoms with Gasteiger partial charge in [0.25, 0.3) is 0 Å². The number of morpholine rings is 1. The third-order valence-electron chi connectivity index (χ3n) is 3.96. The molecule has 0 atom stereocenters. The van der Waals surface area contributed by atoms with Crippen molar-refractivity contribution in [2.45, 2.75) is 19.9 Å². The second-order valence-corrected chi connectivity index (χ2v) is 8.27. The first-order chi connectivity index (χ1) is 13.0. The number of thioether (sulfide) groups is 1. The van der Waals surface area contributed by atoms with Gasteiger partial charge in [0.05, 0.1) is 25.5 Å². The summed E-state index contributed by atoms with van der Waals surface area (Å²) in [5.74, 6) is -0.629. The van der Waals surface area contributed by atoms with Crippen LogP contribution in [0, 0.1) is 0 Å². The molecule has 1 aliphatic rings. The lowest BCUT2D eigenvalue weighted by Crippen LogP contribution is -2.38. The molecule has 150 valence electrons. The van der Waals surface area contributed by atoms with Crippen molar-refractivity contribution in [3.8, 4) is 0 Å². The summed E-state index contributed by atoms with van der Waals surface area (Å²) in [6.07, 6.45) is 0.943. The lowest BCUT2D eigenvalue weighted by Gasteiger charge is -2.29. The van der Waals surface area contributed by atoms with E-state index in [4.69, 9.17) is 9.84 Å². The number of aliphatic carboxylic acids is 1. The summed E-state index contributed by atoms with van der Waals surface area (Å²) in [5, 5.41) is 11.7. The maximum absolute atomic E-state index is 11.4. The summed E-state index contributed by atoms with van der Waals surface area (Å²) in [5.41, 5.74) is 0. The van der Waals surface area contributed by atoms with Crippen molar-refractivity contribution in [2.24, 2.45) is 4.99 Å². The number of hydrogen-bond acceptors (Lipinski definition) is 7. The molecule has 0 amide bonds. The summed E-state index contributed by atoms with van der Waals surface area (Å²) >= 11 is 2.98. The van der Waals surface area contributed by atoms with E-state index in [2.05, 4.69) is 20.9 Å². The largest absolute Gasteiger partial charge is 0.480 e. The highest BCUT2D eigenvalue weighted by molar-refractivity contribution is 8.14. The van der Waals surface area contributed by atoms with Crippen LogP contribution in [0.4, 0.5) is 0 Å². The molecule has 0 unspecified atom stereocenters. The lowest BCUT2D eigenvalue weighted by molar-refractivity contribution is -0.135. The van der Waals surface area contributed by atoms with Crippen molar-refractivity contribution in [1.82, 2.24) is 9.80 Å². The summed E-state index contributed by atoms with van der Waals surface area (Å²) < 4.78 is 5.38. The molecule has 0 radical (unpaired) electrons. The van der Waals surface area contributed by atoms with E-state index >= 15 is 0 Å². The molecule has 1 aromatic heterocycles. The molecule has 1 fully saturated rings. The van der Waals surface area contributed by atoms with Gasteiger partial charge in [0.2, 0.25) is 0 Å². The van der Waals surface area contributed by atoms with E-state index in [9.17, 15) is 9.59 Å². The van der Waals surface area contributed by atoms with Crippen LogP contribution < -0.4 is 0 Å². The molecule has 27 heavy (non-hydrogen) atoms. The van der Waals surface area contributed by atoms with E-state index in [1.54, 1.807) is 11.3 Å². The van der Waals surface area contributed by atoms with Crippen molar-refractivity contribution in [3.63, 3.8) is 0 Å². The lowest BCUT2D eigenvalue weighted by atomic mass is 10.3. The van der Waals surface area contributed by atoms with Crippen LogP contribution in [0.5, 0.6) is 0 Å². The number of nitrogens with zero attached hydrogens (tertiary/aromatic N) is 3. The molecule has 7 nitrogen and oxygen atoms in total. The van der Waals surface area contributed by atoms with Crippen LogP contribution in [0.15, 0.2) is 22.5 Å². The van der Waals surface area contributed by atoms with E-state index in [0.29, 0.717) is 17.5 Å². The summed E-state index contributed by atoms with van der Waals surface area (Å²) in [6.45, 7) is 7.09. The first-order valence-electron chi connectivity index (χ1n) is 9.00. The Hall–Kier alpha value is -1.42. The van der Waals surface area contributed by atoms with Gasteiger partial charge in [-0.15, -0.1) is 11.3 Å². The number of thiophene rings is 1. The number of carbonyl (C=O) groups is 2. The third-order valence-corrected chi connectivity index (χ3v) is 6.02. The molecule has 0 spiro atoms. The number of rotatable bonds is 10. The number of carboxylic acids is 1. The number of Topliss-reactive ketones (excluding diaryl/α,β-unsaturated/α-hetero) is 1. The molecule has 0 saturated carbocycles. The highest BCUT2D eigenvalue weighted by atomic mass is 32.2. The van der Waals surface area contributed by atoms with Crippen LogP contribution in [0.1, 0.15) is 18.2 Å². The van der Waals surface area contributed by atoms with Gasteiger partial charge in [0, 0.05) is 31.1 Å². The zero-order valence-corrected chi connectivity index (χ0v) is 17.3. The Balaban J connectivity index is 2.02. The van der Waals surface area contributed by atoms with Crippen molar-refractivity contribution < 1.29 is 19.4 Å². The zero-order valence-electron chi connectivity index (χ0n) is 15.6. The Morgan fingerprint density at radius 2 is 2.19 bits per heavy atom. The number of amidine groups is 1. The van der Waals surface area contributed by atoms with E-state index in [1.165, 1.54) is 23.6 Å². The van der Waals surface area contributed by atoms with Gasteiger partial charge >= 0.3 is 5.97 Å². The number of ether oxygens (including phenoxy) is 1. The van der Waals surface area contributed by atoms with Gasteiger partial charge in [-0.25, -0.2) is 0 Å². The molecule has 0 bridgehead atoms. The summed E-state index contributed by atoms with van der Waals surface area (Å²) in [4.78, 5) is 32.3.